The summed E-state index contributed by atoms with van der Waals surface area (Å²) in [6.07, 6.45) is -1.08. The molecule has 1 amide bonds. The molecule has 0 aliphatic carbocycles. The van der Waals surface area contributed by atoms with Crippen molar-refractivity contribution in [3.05, 3.63) is 47.0 Å². The second-order valence-electron chi connectivity index (χ2n) is 4.16. The number of rotatable bonds is 4. The Balaban J connectivity index is 2.18. The van der Waals surface area contributed by atoms with Gasteiger partial charge in [-0.15, -0.1) is 0 Å². The number of nitrogens with zero attached hydrogens (tertiary/aromatic N) is 2. The van der Waals surface area contributed by atoms with Gasteiger partial charge in [0.2, 0.25) is 0 Å². The first-order valence-electron chi connectivity index (χ1n) is 5.85. The Morgan fingerprint density at radius 1 is 1.45 bits per heavy atom. The molecule has 4 nitrogen and oxygen atoms in total. The van der Waals surface area contributed by atoms with Crippen molar-refractivity contribution in [2.24, 2.45) is 0 Å². The zero-order valence-corrected chi connectivity index (χ0v) is 11.4. The third-order valence-electron chi connectivity index (χ3n) is 2.70. The van der Waals surface area contributed by atoms with Crippen LogP contribution < -0.4 is 5.32 Å². The summed E-state index contributed by atoms with van der Waals surface area (Å²) in [5, 5.41) is 2.95. The van der Waals surface area contributed by atoms with E-state index in [0.29, 0.717) is 16.5 Å². The molecule has 7 heteroatoms. The lowest BCUT2D eigenvalue weighted by Crippen LogP contribution is -2.19. The van der Waals surface area contributed by atoms with Gasteiger partial charge in [-0.1, -0.05) is 11.6 Å². The van der Waals surface area contributed by atoms with Gasteiger partial charge in [0, 0.05) is 6.20 Å². The fourth-order valence-corrected chi connectivity index (χ4v) is 1.97. The molecular weight excluding hydrogens is 288 g/mol. The minimum absolute atomic E-state index is 0.166. The lowest BCUT2D eigenvalue weighted by Gasteiger charge is -2.10. The quantitative estimate of drug-likeness (QED) is 0.880. The smallest absolute Gasteiger partial charge is 0.272 e. The van der Waals surface area contributed by atoms with Crippen molar-refractivity contribution in [3.63, 3.8) is 0 Å². The van der Waals surface area contributed by atoms with Gasteiger partial charge in [-0.3, -0.25) is 4.79 Å². The highest BCUT2D eigenvalue weighted by atomic mass is 35.5. The van der Waals surface area contributed by atoms with E-state index < -0.39 is 18.9 Å². The van der Waals surface area contributed by atoms with Gasteiger partial charge in [0.1, 0.15) is 10.8 Å². The molecule has 2 aromatic heterocycles. The van der Waals surface area contributed by atoms with Crippen LogP contribution in [0.1, 0.15) is 16.2 Å². The Morgan fingerprint density at radius 3 is 2.85 bits per heavy atom. The van der Waals surface area contributed by atoms with Crippen molar-refractivity contribution < 1.29 is 13.6 Å². The van der Waals surface area contributed by atoms with Gasteiger partial charge < -0.3 is 9.88 Å². The van der Waals surface area contributed by atoms with Crippen LogP contribution in [-0.2, 0) is 6.54 Å². The lowest BCUT2D eigenvalue weighted by atomic mass is 10.3. The van der Waals surface area contributed by atoms with Crippen LogP contribution in [0.15, 0.2) is 30.5 Å². The summed E-state index contributed by atoms with van der Waals surface area (Å²) in [5.74, 6) is -0.470. The van der Waals surface area contributed by atoms with E-state index in [-0.39, 0.29) is 5.69 Å². The molecule has 0 radical (unpaired) electrons. The molecule has 0 spiro atoms. The molecule has 2 aromatic rings. The number of alkyl halides is 2. The van der Waals surface area contributed by atoms with E-state index in [4.69, 9.17) is 11.6 Å². The number of hydrogen-bond acceptors (Lipinski definition) is 2. The van der Waals surface area contributed by atoms with Crippen LogP contribution in [-0.4, -0.2) is 21.9 Å². The number of halogens is 3. The molecular formula is C13H12ClF2N3O. The van der Waals surface area contributed by atoms with Crippen LogP contribution in [0.25, 0.3) is 0 Å². The molecule has 0 aliphatic heterocycles. The number of aryl methyl sites for hydroxylation is 1. The van der Waals surface area contributed by atoms with Crippen LogP contribution in [0.2, 0.25) is 5.15 Å². The minimum Gasteiger partial charge on any atom is -0.338 e. The molecule has 0 aliphatic rings. The SMILES string of the molecule is Cc1nc(Cl)ccc1NC(=O)c1cccn1CC(F)F. The molecule has 20 heavy (non-hydrogen) atoms. The fourth-order valence-electron chi connectivity index (χ4n) is 1.78. The molecule has 0 saturated heterocycles. The third kappa shape index (κ3) is 3.33. The highest BCUT2D eigenvalue weighted by Gasteiger charge is 2.15. The monoisotopic (exact) mass is 299 g/mol. The number of anilines is 1. The van der Waals surface area contributed by atoms with E-state index in [1.807, 2.05) is 0 Å². The maximum atomic E-state index is 12.4. The highest BCUT2D eigenvalue weighted by molar-refractivity contribution is 6.29. The molecule has 0 atom stereocenters. The molecule has 2 heterocycles. The van der Waals surface area contributed by atoms with E-state index in [2.05, 4.69) is 10.3 Å². The van der Waals surface area contributed by atoms with E-state index >= 15 is 0 Å². The summed E-state index contributed by atoms with van der Waals surface area (Å²) in [7, 11) is 0. The van der Waals surface area contributed by atoms with Crippen LogP contribution in [0.4, 0.5) is 14.5 Å². The van der Waals surface area contributed by atoms with Gasteiger partial charge in [0.15, 0.2) is 0 Å². The van der Waals surface area contributed by atoms with E-state index in [1.54, 1.807) is 25.1 Å². The molecule has 2 rings (SSSR count). The number of hydrogen-bond donors (Lipinski definition) is 1. The van der Waals surface area contributed by atoms with Crippen molar-refractivity contribution in [1.29, 1.82) is 0 Å². The summed E-state index contributed by atoms with van der Waals surface area (Å²) in [5.41, 5.74) is 1.21. The summed E-state index contributed by atoms with van der Waals surface area (Å²) in [4.78, 5) is 16.1. The Labute approximate surface area is 119 Å². The predicted molar refractivity (Wildman–Crippen MR) is 72.4 cm³/mol. The van der Waals surface area contributed by atoms with E-state index in [1.165, 1.54) is 16.8 Å². The number of nitrogens with one attached hydrogen (secondary N) is 1. The summed E-state index contributed by atoms with van der Waals surface area (Å²) in [6, 6.07) is 6.19. The topological polar surface area (TPSA) is 46.9 Å². The second kappa shape index (κ2) is 6.00. The van der Waals surface area contributed by atoms with Crippen LogP contribution in [0, 0.1) is 6.92 Å². The molecule has 106 valence electrons. The minimum atomic E-state index is -2.52. The van der Waals surface area contributed by atoms with E-state index in [0.717, 1.165) is 0 Å². The first kappa shape index (κ1) is 14.5. The standard InChI is InChI=1S/C13H12ClF2N3O/c1-8-9(4-5-11(14)17-8)18-13(20)10-3-2-6-19(10)7-12(15)16/h2-6,12H,7H2,1H3,(H,18,20). The van der Waals surface area contributed by atoms with Crippen molar-refractivity contribution in [3.8, 4) is 0 Å². The largest absolute Gasteiger partial charge is 0.338 e. The van der Waals surface area contributed by atoms with Gasteiger partial charge >= 0.3 is 0 Å². The molecule has 0 bridgehead atoms. The number of pyridine rings is 1. The van der Waals surface area contributed by atoms with Crippen LogP contribution in [0.3, 0.4) is 0 Å². The Kier molecular flexibility index (Phi) is 4.34. The van der Waals surface area contributed by atoms with Crippen molar-refractivity contribution in [2.75, 3.05) is 5.32 Å². The van der Waals surface area contributed by atoms with Gasteiger partial charge in [0.05, 0.1) is 17.9 Å². The Bertz CT molecular complexity index is 628. The molecule has 1 N–H and O–H groups in total. The molecule has 0 aromatic carbocycles. The Hall–Kier alpha value is -1.95. The maximum absolute atomic E-state index is 12.4. The van der Waals surface area contributed by atoms with Crippen LogP contribution in [0.5, 0.6) is 0 Å². The second-order valence-corrected chi connectivity index (χ2v) is 4.55. The molecule has 0 saturated carbocycles. The maximum Gasteiger partial charge on any atom is 0.272 e. The summed E-state index contributed by atoms with van der Waals surface area (Å²) < 4.78 is 26.0. The lowest BCUT2D eigenvalue weighted by molar-refractivity contribution is 0.0997. The molecule has 0 unspecified atom stereocenters. The van der Waals surface area contributed by atoms with Crippen LogP contribution >= 0.6 is 11.6 Å². The summed E-state index contributed by atoms with van der Waals surface area (Å²) in [6.45, 7) is 1.17. The number of carbonyl (C=O) groups is 1. The zero-order chi connectivity index (χ0) is 14.7. The summed E-state index contributed by atoms with van der Waals surface area (Å²) >= 11 is 5.72. The fraction of sp³-hybridized carbons (Fsp3) is 0.231. The van der Waals surface area contributed by atoms with E-state index in [9.17, 15) is 13.6 Å². The number of carbonyl (C=O) groups excluding carboxylic acids is 1. The van der Waals surface area contributed by atoms with Gasteiger partial charge in [-0.25, -0.2) is 13.8 Å². The zero-order valence-electron chi connectivity index (χ0n) is 10.6. The van der Waals surface area contributed by atoms with Gasteiger partial charge in [-0.2, -0.15) is 0 Å². The van der Waals surface area contributed by atoms with Gasteiger partial charge in [-0.05, 0) is 31.2 Å². The first-order valence-corrected chi connectivity index (χ1v) is 6.23. The van der Waals surface area contributed by atoms with Crippen molar-refractivity contribution >= 4 is 23.2 Å². The predicted octanol–water partition coefficient (Wildman–Crippen LogP) is 3.36. The van der Waals surface area contributed by atoms with Gasteiger partial charge in [0.25, 0.3) is 12.3 Å². The normalized spacial score (nSPS) is 10.8. The first-order chi connectivity index (χ1) is 9.47. The average Bonchev–Trinajstić information content (AvgIpc) is 2.80. The van der Waals surface area contributed by atoms with Crippen molar-refractivity contribution in [2.45, 2.75) is 19.9 Å². The Morgan fingerprint density at radius 2 is 2.20 bits per heavy atom. The number of amides is 1. The third-order valence-corrected chi connectivity index (χ3v) is 2.91. The average molecular weight is 300 g/mol. The highest BCUT2D eigenvalue weighted by Crippen LogP contribution is 2.17. The van der Waals surface area contributed by atoms with Crippen molar-refractivity contribution in [1.82, 2.24) is 9.55 Å². The molecule has 0 fully saturated rings. The number of aromatic nitrogens is 2.